The smallest absolute Gasteiger partial charge is 0.241 e. The van der Waals surface area contributed by atoms with Crippen molar-refractivity contribution < 1.29 is 13.2 Å². The van der Waals surface area contributed by atoms with Crippen molar-refractivity contribution in [1.29, 1.82) is 0 Å². The van der Waals surface area contributed by atoms with Crippen molar-refractivity contribution in [2.24, 2.45) is 0 Å². The maximum atomic E-state index is 12.0. The van der Waals surface area contributed by atoms with Gasteiger partial charge in [-0.1, -0.05) is 11.6 Å². The lowest BCUT2D eigenvalue weighted by atomic mass is 10.2. The van der Waals surface area contributed by atoms with Crippen LogP contribution in [0.5, 0.6) is 0 Å². The summed E-state index contributed by atoms with van der Waals surface area (Å²) in [6, 6.07) is 4.75. The van der Waals surface area contributed by atoms with E-state index in [1.54, 1.807) is 18.2 Å². The van der Waals surface area contributed by atoms with Crippen molar-refractivity contribution in [2.75, 3.05) is 28.5 Å². The van der Waals surface area contributed by atoms with Crippen LogP contribution in [0.15, 0.2) is 18.2 Å². The van der Waals surface area contributed by atoms with Gasteiger partial charge in [0.05, 0.1) is 22.5 Å². The van der Waals surface area contributed by atoms with Gasteiger partial charge in [0.1, 0.15) is 0 Å². The quantitative estimate of drug-likeness (QED) is 0.873. The minimum Gasteiger partial charge on any atom is -0.325 e. The first kappa shape index (κ1) is 15.6. The molecule has 6 nitrogen and oxygen atoms in total. The van der Waals surface area contributed by atoms with Gasteiger partial charge >= 0.3 is 0 Å². The zero-order valence-corrected chi connectivity index (χ0v) is 13.6. The molecule has 8 heteroatoms. The number of nitrogens with zero attached hydrogens (tertiary/aromatic N) is 1. The summed E-state index contributed by atoms with van der Waals surface area (Å²) in [5.41, 5.74) is 1.04. The Morgan fingerprint density at radius 3 is 2.77 bits per heavy atom. The second-order valence-electron chi connectivity index (χ2n) is 5.55. The van der Waals surface area contributed by atoms with Crippen LogP contribution in [-0.4, -0.2) is 39.2 Å². The molecule has 2 N–H and O–H groups in total. The van der Waals surface area contributed by atoms with Crippen molar-refractivity contribution >= 4 is 38.9 Å². The average Bonchev–Trinajstić information content (AvgIpc) is 3.08. The van der Waals surface area contributed by atoms with Gasteiger partial charge in [0, 0.05) is 12.2 Å². The van der Waals surface area contributed by atoms with Gasteiger partial charge in [-0.15, -0.1) is 0 Å². The van der Waals surface area contributed by atoms with Gasteiger partial charge in [0.25, 0.3) is 0 Å². The van der Waals surface area contributed by atoms with Crippen LogP contribution in [0.3, 0.4) is 0 Å². The SMILES string of the molecule is O=C(Nc1ccc(N2CCCS2(=O)=O)c(Cl)c1)[C@@H]1CCCN1. The predicted molar refractivity (Wildman–Crippen MR) is 86.9 cm³/mol. The molecule has 2 aliphatic rings. The Labute approximate surface area is 134 Å². The molecule has 2 aliphatic heterocycles. The maximum Gasteiger partial charge on any atom is 0.241 e. The molecular weight excluding hydrogens is 326 g/mol. The van der Waals surface area contributed by atoms with E-state index in [4.69, 9.17) is 11.6 Å². The zero-order chi connectivity index (χ0) is 15.7. The largest absolute Gasteiger partial charge is 0.325 e. The van der Waals surface area contributed by atoms with E-state index in [2.05, 4.69) is 10.6 Å². The summed E-state index contributed by atoms with van der Waals surface area (Å²) in [5.74, 6) is 0.0601. The second-order valence-corrected chi connectivity index (χ2v) is 7.97. The van der Waals surface area contributed by atoms with Crippen LogP contribution in [0.4, 0.5) is 11.4 Å². The minimum absolute atomic E-state index is 0.0879. The lowest BCUT2D eigenvalue weighted by Crippen LogP contribution is -2.35. The van der Waals surface area contributed by atoms with Crippen molar-refractivity contribution in [2.45, 2.75) is 25.3 Å². The Morgan fingerprint density at radius 1 is 1.36 bits per heavy atom. The fourth-order valence-electron chi connectivity index (χ4n) is 2.83. The Kier molecular flexibility index (Phi) is 4.29. The van der Waals surface area contributed by atoms with Crippen molar-refractivity contribution in [1.82, 2.24) is 5.32 Å². The van der Waals surface area contributed by atoms with Gasteiger partial charge in [-0.25, -0.2) is 8.42 Å². The lowest BCUT2D eigenvalue weighted by molar-refractivity contribution is -0.117. The first-order valence-corrected chi connectivity index (χ1v) is 9.30. The predicted octanol–water partition coefficient (Wildman–Crippen LogP) is 1.57. The maximum absolute atomic E-state index is 12.0. The normalized spacial score (nSPS) is 23.7. The average molecular weight is 344 g/mol. The molecule has 2 saturated heterocycles. The van der Waals surface area contributed by atoms with Gasteiger partial charge in [-0.3, -0.25) is 9.10 Å². The number of hydrogen-bond donors (Lipinski definition) is 2. The number of nitrogens with one attached hydrogen (secondary N) is 2. The van der Waals surface area contributed by atoms with E-state index >= 15 is 0 Å². The molecule has 0 unspecified atom stereocenters. The van der Waals surface area contributed by atoms with Gasteiger partial charge in [-0.05, 0) is 44.0 Å². The van der Waals surface area contributed by atoms with Gasteiger partial charge < -0.3 is 10.6 Å². The van der Waals surface area contributed by atoms with Crippen LogP contribution in [0.1, 0.15) is 19.3 Å². The summed E-state index contributed by atoms with van der Waals surface area (Å²) in [7, 11) is -3.26. The first-order valence-electron chi connectivity index (χ1n) is 7.31. The third kappa shape index (κ3) is 3.06. The summed E-state index contributed by atoms with van der Waals surface area (Å²) < 4.78 is 25.2. The molecule has 1 aromatic carbocycles. The van der Waals surface area contributed by atoms with Gasteiger partial charge in [-0.2, -0.15) is 0 Å². The van der Waals surface area contributed by atoms with Crippen molar-refractivity contribution in [3.05, 3.63) is 23.2 Å². The fourth-order valence-corrected chi connectivity index (χ4v) is 4.75. The molecule has 120 valence electrons. The fraction of sp³-hybridized carbons (Fsp3) is 0.500. The number of halogens is 1. The topological polar surface area (TPSA) is 78.5 Å². The number of sulfonamides is 1. The summed E-state index contributed by atoms with van der Waals surface area (Å²) in [5, 5.41) is 6.26. The van der Waals surface area contributed by atoms with Crippen LogP contribution < -0.4 is 14.9 Å². The second kappa shape index (κ2) is 6.06. The van der Waals surface area contributed by atoms with E-state index in [0.717, 1.165) is 19.4 Å². The molecule has 0 aromatic heterocycles. The number of carbonyl (C=O) groups excluding carboxylic acids is 1. The Bertz CT molecular complexity index is 687. The van der Waals surface area contributed by atoms with E-state index < -0.39 is 10.0 Å². The minimum atomic E-state index is -3.26. The number of anilines is 2. The van der Waals surface area contributed by atoms with Crippen LogP contribution in [0, 0.1) is 0 Å². The highest BCUT2D eigenvalue weighted by Crippen LogP contribution is 2.33. The Hall–Kier alpha value is -1.31. The van der Waals surface area contributed by atoms with Gasteiger partial charge in [0.2, 0.25) is 15.9 Å². The summed E-state index contributed by atoms with van der Waals surface area (Å²) >= 11 is 6.21. The molecule has 1 aromatic rings. The highest BCUT2D eigenvalue weighted by atomic mass is 35.5. The molecular formula is C14H18ClN3O3S. The molecule has 0 saturated carbocycles. The number of benzene rings is 1. The van der Waals surface area contributed by atoms with Crippen LogP contribution in [0.2, 0.25) is 5.02 Å². The molecule has 1 atom stereocenters. The molecule has 0 radical (unpaired) electrons. The summed E-state index contributed by atoms with van der Waals surface area (Å²) in [6.07, 6.45) is 2.42. The third-order valence-corrected chi connectivity index (χ3v) is 6.12. The number of rotatable bonds is 3. The molecule has 22 heavy (non-hydrogen) atoms. The molecule has 2 fully saturated rings. The van der Waals surface area contributed by atoms with E-state index in [1.165, 1.54) is 4.31 Å². The van der Waals surface area contributed by atoms with Crippen LogP contribution >= 0.6 is 11.6 Å². The summed E-state index contributed by atoms with van der Waals surface area (Å²) in [4.78, 5) is 12.0. The number of amides is 1. The highest BCUT2D eigenvalue weighted by molar-refractivity contribution is 7.93. The highest BCUT2D eigenvalue weighted by Gasteiger charge is 2.30. The van der Waals surface area contributed by atoms with E-state index in [0.29, 0.717) is 29.4 Å². The standard InChI is InChI=1S/C14H18ClN3O3S/c15-11-9-10(17-14(19)12-3-1-6-16-12)4-5-13(11)18-7-2-8-22(18,20)21/h4-5,9,12,16H,1-3,6-8H2,(H,17,19)/t12-/m0/s1. The monoisotopic (exact) mass is 343 g/mol. The molecule has 3 rings (SSSR count). The number of carbonyl (C=O) groups is 1. The molecule has 1 amide bonds. The van der Waals surface area contributed by atoms with Crippen LogP contribution in [0.25, 0.3) is 0 Å². The van der Waals surface area contributed by atoms with Crippen molar-refractivity contribution in [3.63, 3.8) is 0 Å². The van der Waals surface area contributed by atoms with Crippen LogP contribution in [-0.2, 0) is 14.8 Å². The molecule has 0 bridgehead atoms. The van der Waals surface area contributed by atoms with Crippen molar-refractivity contribution in [3.8, 4) is 0 Å². The number of hydrogen-bond acceptors (Lipinski definition) is 4. The molecule has 0 spiro atoms. The first-order chi connectivity index (χ1) is 10.5. The van der Waals surface area contributed by atoms with E-state index in [1.807, 2.05) is 0 Å². The zero-order valence-electron chi connectivity index (χ0n) is 12.0. The third-order valence-electron chi connectivity index (χ3n) is 3.96. The molecule has 0 aliphatic carbocycles. The Morgan fingerprint density at radius 2 is 2.18 bits per heavy atom. The van der Waals surface area contributed by atoms with Gasteiger partial charge in [0.15, 0.2) is 0 Å². The van der Waals surface area contributed by atoms with E-state index in [9.17, 15) is 13.2 Å². The lowest BCUT2D eigenvalue weighted by Gasteiger charge is -2.19. The molecule has 2 heterocycles. The van der Waals surface area contributed by atoms with E-state index in [-0.39, 0.29) is 17.7 Å². The summed E-state index contributed by atoms with van der Waals surface area (Å²) in [6.45, 7) is 1.30. The Balaban J connectivity index is 1.76.